The summed E-state index contributed by atoms with van der Waals surface area (Å²) in [5.41, 5.74) is 0.735. The molecule has 0 aliphatic rings. The summed E-state index contributed by atoms with van der Waals surface area (Å²) in [5.74, 6) is 0.203. The van der Waals surface area contributed by atoms with E-state index < -0.39 is 0 Å². The first-order chi connectivity index (χ1) is 5.55. The van der Waals surface area contributed by atoms with Crippen molar-refractivity contribution in [3.8, 4) is 0 Å². The van der Waals surface area contributed by atoms with E-state index >= 15 is 0 Å². The van der Waals surface area contributed by atoms with Gasteiger partial charge in [-0.15, -0.1) is 0 Å². The van der Waals surface area contributed by atoms with E-state index in [0.717, 1.165) is 5.56 Å². The van der Waals surface area contributed by atoms with Crippen LogP contribution in [-0.4, -0.2) is 5.78 Å². The third kappa shape index (κ3) is 2.39. The molecule has 0 unspecified atom stereocenters. The molecule has 0 atom stereocenters. The maximum absolute atomic E-state index is 11.3. The van der Waals surface area contributed by atoms with Gasteiger partial charge in [0.2, 0.25) is 0 Å². The van der Waals surface area contributed by atoms with Crippen LogP contribution < -0.4 is 6.15 Å². The van der Waals surface area contributed by atoms with Gasteiger partial charge in [0.15, 0.2) is 0 Å². The fourth-order valence-corrected chi connectivity index (χ4v) is 1.06. The van der Waals surface area contributed by atoms with Crippen molar-refractivity contribution in [2.24, 2.45) is 0 Å². The van der Waals surface area contributed by atoms with Gasteiger partial charge in [-0.2, -0.15) is 0 Å². The Morgan fingerprint density at radius 3 is 2.00 bits per heavy atom. The Labute approximate surface area is 79.6 Å². The van der Waals surface area contributed by atoms with Gasteiger partial charge in [0.25, 0.3) is 0 Å². The fraction of sp³-hybridized carbons (Fsp3) is 0.364. The first kappa shape index (κ1) is 11.8. The number of carbonyl (C=O) groups is 1. The van der Waals surface area contributed by atoms with Crippen molar-refractivity contribution >= 4 is 5.78 Å². The SMILES string of the molecule is CC(=O)C(C)(C)c1ccccc1.N. The van der Waals surface area contributed by atoms with E-state index in [4.69, 9.17) is 0 Å². The maximum Gasteiger partial charge on any atom is 0.139 e. The number of carbonyl (C=O) groups excluding carboxylic acids is 1. The molecule has 13 heavy (non-hydrogen) atoms. The molecule has 0 aliphatic heterocycles. The Hall–Kier alpha value is -1.15. The summed E-state index contributed by atoms with van der Waals surface area (Å²) in [7, 11) is 0. The van der Waals surface area contributed by atoms with Gasteiger partial charge in [0.1, 0.15) is 5.78 Å². The van der Waals surface area contributed by atoms with Crippen molar-refractivity contribution in [2.45, 2.75) is 26.2 Å². The van der Waals surface area contributed by atoms with E-state index in [9.17, 15) is 4.79 Å². The lowest BCUT2D eigenvalue weighted by atomic mass is 9.81. The van der Waals surface area contributed by atoms with Crippen LogP contribution in [0.15, 0.2) is 30.3 Å². The predicted molar refractivity (Wildman–Crippen MR) is 55.2 cm³/mol. The van der Waals surface area contributed by atoms with Crippen molar-refractivity contribution in [3.05, 3.63) is 35.9 Å². The molecule has 0 aliphatic carbocycles. The Bertz CT molecular complexity index is 277. The summed E-state index contributed by atoms with van der Waals surface area (Å²) >= 11 is 0. The van der Waals surface area contributed by atoms with Crippen LogP contribution in [0.25, 0.3) is 0 Å². The van der Waals surface area contributed by atoms with Crippen molar-refractivity contribution in [1.29, 1.82) is 0 Å². The molecule has 0 radical (unpaired) electrons. The number of hydrogen-bond donors (Lipinski definition) is 1. The molecule has 0 amide bonds. The third-order valence-corrected chi connectivity index (χ3v) is 2.38. The minimum atomic E-state index is -0.346. The summed E-state index contributed by atoms with van der Waals surface area (Å²) < 4.78 is 0. The molecule has 0 bridgehead atoms. The van der Waals surface area contributed by atoms with Gasteiger partial charge < -0.3 is 6.15 Å². The minimum absolute atomic E-state index is 0. The topological polar surface area (TPSA) is 52.1 Å². The summed E-state index contributed by atoms with van der Waals surface area (Å²) in [6.45, 7) is 5.53. The Kier molecular flexibility index (Phi) is 3.82. The quantitative estimate of drug-likeness (QED) is 0.758. The highest BCUT2D eigenvalue weighted by atomic mass is 16.1. The van der Waals surface area contributed by atoms with Gasteiger partial charge in [-0.25, -0.2) is 0 Å². The maximum atomic E-state index is 11.3. The zero-order valence-corrected chi connectivity index (χ0v) is 8.50. The molecule has 2 heteroatoms. The summed E-state index contributed by atoms with van der Waals surface area (Å²) in [6.07, 6.45) is 0. The van der Waals surface area contributed by atoms with E-state index in [1.54, 1.807) is 6.92 Å². The van der Waals surface area contributed by atoms with Gasteiger partial charge in [-0.1, -0.05) is 30.3 Å². The van der Waals surface area contributed by atoms with Crippen LogP contribution in [0.1, 0.15) is 26.3 Å². The molecule has 1 aromatic carbocycles. The van der Waals surface area contributed by atoms with Crippen LogP contribution >= 0.6 is 0 Å². The van der Waals surface area contributed by atoms with E-state index in [2.05, 4.69) is 0 Å². The smallest absolute Gasteiger partial charge is 0.139 e. The molecular weight excluding hydrogens is 162 g/mol. The van der Waals surface area contributed by atoms with E-state index in [-0.39, 0.29) is 17.3 Å². The molecule has 1 aromatic rings. The van der Waals surface area contributed by atoms with Gasteiger partial charge in [0, 0.05) is 5.41 Å². The van der Waals surface area contributed by atoms with E-state index in [0.29, 0.717) is 0 Å². The monoisotopic (exact) mass is 179 g/mol. The zero-order chi connectivity index (χ0) is 9.19. The highest BCUT2D eigenvalue weighted by molar-refractivity contribution is 5.86. The Morgan fingerprint density at radius 1 is 1.15 bits per heavy atom. The van der Waals surface area contributed by atoms with Crippen molar-refractivity contribution in [3.63, 3.8) is 0 Å². The number of hydrogen-bond acceptors (Lipinski definition) is 2. The summed E-state index contributed by atoms with van der Waals surface area (Å²) in [4.78, 5) is 11.3. The number of Topliss-reactive ketones (excluding diaryl/α,β-unsaturated/α-hetero) is 1. The molecule has 3 N–H and O–H groups in total. The molecule has 0 fully saturated rings. The van der Waals surface area contributed by atoms with Gasteiger partial charge in [0.05, 0.1) is 0 Å². The van der Waals surface area contributed by atoms with Crippen LogP contribution in [0.4, 0.5) is 0 Å². The molecule has 0 aromatic heterocycles. The second-order valence-electron chi connectivity index (χ2n) is 3.55. The minimum Gasteiger partial charge on any atom is -0.344 e. The molecule has 1 rings (SSSR count). The van der Waals surface area contributed by atoms with Crippen LogP contribution in [-0.2, 0) is 10.2 Å². The molecule has 0 saturated carbocycles. The number of ketones is 1. The molecule has 2 nitrogen and oxygen atoms in total. The van der Waals surface area contributed by atoms with Gasteiger partial charge >= 0.3 is 0 Å². The largest absolute Gasteiger partial charge is 0.344 e. The first-order valence-corrected chi connectivity index (χ1v) is 4.11. The summed E-state index contributed by atoms with van der Waals surface area (Å²) in [5, 5.41) is 0. The number of rotatable bonds is 2. The van der Waals surface area contributed by atoms with E-state index in [1.807, 2.05) is 44.2 Å². The molecule has 0 heterocycles. The fourth-order valence-electron chi connectivity index (χ4n) is 1.06. The lowest BCUT2D eigenvalue weighted by Crippen LogP contribution is -2.26. The zero-order valence-electron chi connectivity index (χ0n) is 8.50. The van der Waals surface area contributed by atoms with Gasteiger partial charge in [-0.05, 0) is 26.3 Å². The Morgan fingerprint density at radius 2 is 1.62 bits per heavy atom. The lowest BCUT2D eigenvalue weighted by Gasteiger charge is -2.21. The van der Waals surface area contributed by atoms with Crippen LogP contribution in [0.2, 0.25) is 0 Å². The predicted octanol–water partition coefficient (Wildman–Crippen LogP) is 2.72. The standard InChI is InChI=1S/C11H14O.H3N/c1-9(12)11(2,3)10-7-5-4-6-8-10;/h4-8H,1-3H3;1H3. The molecule has 72 valence electrons. The Balaban J connectivity index is 0.00000144. The average molecular weight is 179 g/mol. The van der Waals surface area contributed by atoms with Crippen LogP contribution in [0, 0.1) is 0 Å². The second kappa shape index (κ2) is 4.19. The van der Waals surface area contributed by atoms with E-state index in [1.165, 1.54) is 0 Å². The second-order valence-corrected chi connectivity index (χ2v) is 3.55. The lowest BCUT2D eigenvalue weighted by molar-refractivity contribution is -0.121. The first-order valence-electron chi connectivity index (χ1n) is 4.11. The highest BCUT2D eigenvalue weighted by Crippen LogP contribution is 2.23. The van der Waals surface area contributed by atoms with Crippen molar-refractivity contribution in [1.82, 2.24) is 6.15 Å². The highest BCUT2D eigenvalue weighted by Gasteiger charge is 2.25. The average Bonchev–Trinajstić information content (AvgIpc) is 2.06. The van der Waals surface area contributed by atoms with Crippen molar-refractivity contribution < 1.29 is 4.79 Å². The molecule has 0 spiro atoms. The summed E-state index contributed by atoms with van der Waals surface area (Å²) in [6, 6.07) is 9.85. The molecular formula is C11H17NO. The van der Waals surface area contributed by atoms with Crippen molar-refractivity contribution in [2.75, 3.05) is 0 Å². The third-order valence-electron chi connectivity index (χ3n) is 2.38. The number of benzene rings is 1. The van der Waals surface area contributed by atoms with Crippen LogP contribution in [0.5, 0.6) is 0 Å². The molecule has 0 saturated heterocycles. The van der Waals surface area contributed by atoms with Gasteiger partial charge in [-0.3, -0.25) is 4.79 Å². The van der Waals surface area contributed by atoms with Crippen LogP contribution in [0.3, 0.4) is 0 Å². The normalized spacial score (nSPS) is 10.4.